The fraction of sp³-hybridized carbons (Fsp3) is 0.765. The van der Waals surface area contributed by atoms with Crippen molar-refractivity contribution in [1.29, 1.82) is 0 Å². The Bertz CT molecular complexity index is 545. The van der Waals surface area contributed by atoms with Crippen molar-refractivity contribution in [2.24, 2.45) is 12.5 Å². The number of aryl methyl sites for hydroxylation is 2. The lowest BCUT2D eigenvalue weighted by Crippen LogP contribution is -2.42. The lowest BCUT2D eigenvalue weighted by molar-refractivity contribution is -0.132. The maximum Gasteiger partial charge on any atom is 0.239 e. The maximum atomic E-state index is 12.6. The predicted octanol–water partition coefficient (Wildman–Crippen LogP) is 1.39. The zero-order valence-electron chi connectivity index (χ0n) is 15.2. The molecule has 2 fully saturated rings. The van der Waals surface area contributed by atoms with E-state index in [2.05, 4.69) is 15.7 Å². The van der Waals surface area contributed by atoms with Crippen LogP contribution in [0.15, 0.2) is 12.4 Å². The molecular weight excluding hydrogens is 361 g/mol. The molecule has 6 nitrogen and oxygen atoms in total. The summed E-state index contributed by atoms with van der Waals surface area (Å²) in [6, 6.07) is 0.0106. The summed E-state index contributed by atoms with van der Waals surface area (Å²) < 4.78 is 1.82. The number of amides is 1. The van der Waals surface area contributed by atoms with E-state index < -0.39 is 0 Å². The van der Waals surface area contributed by atoms with Crippen molar-refractivity contribution < 1.29 is 4.79 Å². The molecule has 1 atom stereocenters. The molecule has 2 aliphatic rings. The minimum Gasteiger partial charge on any atom is -0.344 e. The monoisotopic (exact) mass is 391 g/mol. The Labute approximate surface area is 162 Å². The van der Waals surface area contributed by atoms with Gasteiger partial charge in [0.2, 0.25) is 5.91 Å². The molecule has 25 heavy (non-hydrogen) atoms. The van der Waals surface area contributed by atoms with Gasteiger partial charge >= 0.3 is 0 Å². The van der Waals surface area contributed by atoms with Crippen molar-refractivity contribution in [3.05, 3.63) is 18.0 Å². The van der Waals surface area contributed by atoms with Crippen molar-refractivity contribution in [3.63, 3.8) is 0 Å². The fourth-order valence-corrected chi connectivity index (χ4v) is 3.93. The first-order valence-corrected chi connectivity index (χ1v) is 8.75. The Morgan fingerprint density at radius 1 is 1.40 bits per heavy atom. The Balaban J connectivity index is 0.00000156. The Kier molecular flexibility index (Phi) is 8.68. The minimum absolute atomic E-state index is 0. The zero-order chi connectivity index (χ0) is 16.3. The molecule has 0 bridgehead atoms. The standard InChI is InChI=1S/C17H29N5O.2ClH/c1-21(9-3-4-14-11-20-22(2)12-14)16(23)15-10-17(13-19-15)5-7-18-8-6-17;;/h11-12,15,18-19H,3-10,13H2,1-2H3;2*1H. The van der Waals surface area contributed by atoms with Crippen LogP contribution in [0.3, 0.4) is 0 Å². The highest BCUT2D eigenvalue weighted by atomic mass is 35.5. The normalized spacial score (nSPS) is 21.4. The molecule has 2 aliphatic heterocycles. The van der Waals surface area contributed by atoms with Crippen LogP contribution in [0.5, 0.6) is 0 Å². The maximum absolute atomic E-state index is 12.6. The molecule has 2 N–H and O–H groups in total. The minimum atomic E-state index is 0. The van der Waals surface area contributed by atoms with E-state index in [0.717, 1.165) is 45.4 Å². The molecule has 0 radical (unpaired) electrons. The molecule has 1 amide bonds. The number of nitrogens with zero attached hydrogens (tertiary/aromatic N) is 3. The SMILES string of the molecule is CN(CCCc1cnn(C)c1)C(=O)C1CC2(CCNCC2)CN1.Cl.Cl. The van der Waals surface area contributed by atoms with Gasteiger partial charge in [-0.05, 0) is 56.2 Å². The van der Waals surface area contributed by atoms with Crippen LogP contribution in [0.2, 0.25) is 0 Å². The lowest BCUT2D eigenvalue weighted by Gasteiger charge is -2.33. The highest BCUT2D eigenvalue weighted by Gasteiger charge is 2.42. The van der Waals surface area contributed by atoms with Crippen molar-refractivity contribution in [1.82, 2.24) is 25.3 Å². The van der Waals surface area contributed by atoms with Gasteiger partial charge in [0.05, 0.1) is 12.2 Å². The van der Waals surface area contributed by atoms with Crippen LogP contribution in [0.1, 0.15) is 31.2 Å². The van der Waals surface area contributed by atoms with Crippen molar-refractivity contribution in [2.75, 3.05) is 33.2 Å². The number of carbonyl (C=O) groups is 1. The first-order valence-electron chi connectivity index (χ1n) is 8.75. The van der Waals surface area contributed by atoms with Gasteiger partial charge in [-0.3, -0.25) is 9.48 Å². The second-order valence-electron chi connectivity index (χ2n) is 7.27. The summed E-state index contributed by atoms with van der Waals surface area (Å²) >= 11 is 0. The number of piperidine rings is 1. The second-order valence-corrected chi connectivity index (χ2v) is 7.27. The smallest absolute Gasteiger partial charge is 0.239 e. The van der Waals surface area contributed by atoms with Gasteiger partial charge in [-0.1, -0.05) is 0 Å². The molecule has 1 spiro atoms. The third kappa shape index (κ3) is 5.58. The van der Waals surface area contributed by atoms with Gasteiger partial charge in [0, 0.05) is 33.4 Å². The van der Waals surface area contributed by atoms with Crippen molar-refractivity contribution in [3.8, 4) is 0 Å². The molecule has 0 aliphatic carbocycles. The number of likely N-dealkylation sites (N-methyl/N-ethyl adjacent to an activating group) is 1. The largest absolute Gasteiger partial charge is 0.344 e. The third-order valence-electron chi connectivity index (χ3n) is 5.42. The van der Waals surface area contributed by atoms with Gasteiger partial charge in [0.15, 0.2) is 0 Å². The number of halogens is 2. The summed E-state index contributed by atoms with van der Waals surface area (Å²) in [6.07, 6.45) is 9.28. The van der Waals surface area contributed by atoms with E-state index in [4.69, 9.17) is 0 Å². The van der Waals surface area contributed by atoms with Gasteiger partial charge in [-0.15, -0.1) is 24.8 Å². The predicted molar refractivity (Wildman–Crippen MR) is 105 cm³/mol. The molecule has 8 heteroatoms. The lowest BCUT2D eigenvalue weighted by atomic mass is 9.77. The molecule has 3 heterocycles. The number of aromatic nitrogens is 2. The first-order chi connectivity index (χ1) is 11.1. The molecule has 2 saturated heterocycles. The number of hydrogen-bond donors (Lipinski definition) is 2. The van der Waals surface area contributed by atoms with Crippen LogP contribution < -0.4 is 10.6 Å². The summed E-state index contributed by atoms with van der Waals surface area (Å²) in [5.74, 6) is 0.256. The summed E-state index contributed by atoms with van der Waals surface area (Å²) in [4.78, 5) is 14.5. The van der Waals surface area contributed by atoms with E-state index in [1.165, 1.54) is 18.4 Å². The number of rotatable bonds is 5. The molecule has 1 aromatic heterocycles. The molecule has 1 unspecified atom stereocenters. The zero-order valence-corrected chi connectivity index (χ0v) is 16.8. The van der Waals surface area contributed by atoms with Crippen LogP contribution in [0.25, 0.3) is 0 Å². The van der Waals surface area contributed by atoms with Crippen LogP contribution in [0, 0.1) is 5.41 Å². The average Bonchev–Trinajstić information content (AvgIpc) is 3.14. The fourth-order valence-electron chi connectivity index (χ4n) is 3.93. The average molecular weight is 392 g/mol. The molecule has 0 saturated carbocycles. The van der Waals surface area contributed by atoms with Crippen LogP contribution >= 0.6 is 24.8 Å². The topological polar surface area (TPSA) is 62.2 Å². The Morgan fingerprint density at radius 2 is 2.12 bits per heavy atom. The molecule has 144 valence electrons. The number of hydrogen-bond acceptors (Lipinski definition) is 4. The quantitative estimate of drug-likeness (QED) is 0.795. The van der Waals surface area contributed by atoms with Gasteiger partial charge in [0.1, 0.15) is 0 Å². The van der Waals surface area contributed by atoms with E-state index in [-0.39, 0.29) is 36.8 Å². The van der Waals surface area contributed by atoms with Crippen LogP contribution in [-0.4, -0.2) is 59.9 Å². The third-order valence-corrected chi connectivity index (χ3v) is 5.42. The number of carbonyl (C=O) groups excluding carboxylic acids is 1. The number of nitrogens with one attached hydrogen (secondary N) is 2. The van der Waals surface area contributed by atoms with Gasteiger partial charge in [-0.25, -0.2) is 0 Å². The molecule has 0 aromatic carbocycles. The van der Waals surface area contributed by atoms with E-state index in [1.807, 2.05) is 36.1 Å². The van der Waals surface area contributed by atoms with Gasteiger partial charge in [-0.2, -0.15) is 5.10 Å². The van der Waals surface area contributed by atoms with Gasteiger partial charge in [0.25, 0.3) is 0 Å². The van der Waals surface area contributed by atoms with Crippen molar-refractivity contribution >= 4 is 30.7 Å². The summed E-state index contributed by atoms with van der Waals surface area (Å²) in [7, 11) is 3.86. The van der Waals surface area contributed by atoms with E-state index in [0.29, 0.717) is 5.41 Å². The van der Waals surface area contributed by atoms with Gasteiger partial charge < -0.3 is 15.5 Å². The first kappa shape index (κ1) is 22.2. The second kappa shape index (κ2) is 9.76. The van der Waals surface area contributed by atoms with E-state index in [9.17, 15) is 4.79 Å². The highest BCUT2D eigenvalue weighted by molar-refractivity contribution is 5.85. The van der Waals surface area contributed by atoms with Crippen molar-refractivity contribution in [2.45, 2.75) is 38.1 Å². The summed E-state index contributed by atoms with van der Waals surface area (Å²) in [6.45, 7) is 3.97. The Hall–Kier alpha value is -0.820. The van der Waals surface area contributed by atoms with Crippen LogP contribution in [-0.2, 0) is 18.3 Å². The molecular formula is C17H31Cl2N5O. The highest BCUT2D eigenvalue weighted by Crippen LogP contribution is 2.37. The van der Waals surface area contributed by atoms with E-state index in [1.54, 1.807) is 0 Å². The van der Waals surface area contributed by atoms with Crippen LogP contribution in [0.4, 0.5) is 0 Å². The molecule has 1 aromatic rings. The van der Waals surface area contributed by atoms with E-state index >= 15 is 0 Å². The Morgan fingerprint density at radius 3 is 2.76 bits per heavy atom. The molecule has 3 rings (SSSR count). The summed E-state index contributed by atoms with van der Waals surface area (Å²) in [5, 5.41) is 11.1. The summed E-state index contributed by atoms with van der Waals surface area (Å²) in [5.41, 5.74) is 1.59.